The Bertz CT molecular complexity index is 402. The molecule has 0 aromatic heterocycles. The standard InChI is InChI=1S/C16H22O/c1-3-13-8-9-15(11-14(13)4-2)16(17)10-12-6-5-7-12/h8-9,11-12H,3-7,10H2,1-2H3. The smallest absolute Gasteiger partial charge is 0.163 e. The van der Waals surface area contributed by atoms with Crippen LogP contribution in [0.25, 0.3) is 0 Å². The van der Waals surface area contributed by atoms with Crippen LogP contribution in [0, 0.1) is 5.92 Å². The summed E-state index contributed by atoms with van der Waals surface area (Å²) in [5.41, 5.74) is 3.64. The molecule has 0 bridgehead atoms. The number of aryl methyl sites for hydroxylation is 2. The van der Waals surface area contributed by atoms with Gasteiger partial charge in [-0.05, 0) is 36.0 Å². The lowest BCUT2D eigenvalue weighted by Crippen LogP contribution is -2.16. The average molecular weight is 230 g/mol. The first-order chi connectivity index (χ1) is 8.24. The van der Waals surface area contributed by atoms with E-state index in [1.807, 2.05) is 6.07 Å². The fourth-order valence-electron chi connectivity index (χ4n) is 2.55. The lowest BCUT2D eigenvalue weighted by Gasteiger charge is -2.24. The average Bonchev–Trinajstić information content (AvgIpc) is 2.32. The molecule has 1 fully saturated rings. The Morgan fingerprint density at radius 1 is 1.18 bits per heavy atom. The van der Waals surface area contributed by atoms with Crippen LogP contribution in [-0.4, -0.2) is 5.78 Å². The maximum Gasteiger partial charge on any atom is 0.163 e. The minimum atomic E-state index is 0.340. The summed E-state index contributed by atoms with van der Waals surface area (Å²) in [4.78, 5) is 12.1. The Morgan fingerprint density at radius 3 is 2.41 bits per heavy atom. The molecule has 0 unspecified atom stereocenters. The molecule has 0 aliphatic heterocycles. The molecule has 17 heavy (non-hydrogen) atoms. The van der Waals surface area contributed by atoms with Crippen molar-refractivity contribution in [2.24, 2.45) is 5.92 Å². The number of carbonyl (C=O) groups is 1. The maximum atomic E-state index is 12.1. The van der Waals surface area contributed by atoms with E-state index in [9.17, 15) is 4.79 Å². The molecule has 1 saturated carbocycles. The van der Waals surface area contributed by atoms with Crippen LogP contribution in [0.2, 0.25) is 0 Å². The molecule has 0 saturated heterocycles. The van der Waals surface area contributed by atoms with Gasteiger partial charge in [-0.3, -0.25) is 4.79 Å². The Balaban J connectivity index is 2.11. The number of benzene rings is 1. The van der Waals surface area contributed by atoms with E-state index in [-0.39, 0.29) is 0 Å². The summed E-state index contributed by atoms with van der Waals surface area (Å²) >= 11 is 0. The number of Topliss-reactive ketones (excluding diaryl/α,β-unsaturated/α-hetero) is 1. The molecular formula is C16H22O. The third-order valence-electron chi connectivity index (χ3n) is 3.99. The van der Waals surface area contributed by atoms with Gasteiger partial charge in [0.15, 0.2) is 5.78 Å². The molecule has 1 aromatic rings. The van der Waals surface area contributed by atoms with Crippen molar-refractivity contribution in [3.05, 3.63) is 34.9 Å². The van der Waals surface area contributed by atoms with Crippen molar-refractivity contribution in [2.75, 3.05) is 0 Å². The molecule has 0 N–H and O–H groups in total. The van der Waals surface area contributed by atoms with Crippen molar-refractivity contribution in [2.45, 2.75) is 52.4 Å². The van der Waals surface area contributed by atoms with Gasteiger partial charge in [0.2, 0.25) is 0 Å². The van der Waals surface area contributed by atoms with E-state index in [1.165, 1.54) is 30.4 Å². The first-order valence-corrected chi connectivity index (χ1v) is 6.89. The molecule has 0 heterocycles. The van der Waals surface area contributed by atoms with Gasteiger partial charge in [-0.15, -0.1) is 0 Å². The third kappa shape index (κ3) is 2.77. The van der Waals surface area contributed by atoms with Crippen molar-refractivity contribution in [3.8, 4) is 0 Å². The zero-order chi connectivity index (χ0) is 12.3. The van der Waals surface area contributed by atoms with Gasteiger partial charge in [0.05, 0.1) is 0 Å². The maximum absolute atomic E-state index is 12.1. The highest BCUT2D eigenvalue weighted by atomic mass is 16.1. The second kappa shape index (κ2) is 5.48. The molecule has 1 heteroatoms. The molecule has 1 nitrogen and oxygen atoms in total. The van der Waals surface area contributed by atoms with Crippen molar-refractivity contribution in [1.82, 2.24) is 0 Å². The van der Waals surface area contributed by atoms with Crippen LogP contribution in [0.3, 0.4) is 0 Å². The SMILES string of the molecule is CCc1ccc(C(=O)CC2CCC2)cc1CC. The van der Waals surface area contributed by atoms with Crippen LogP contribution in [0.15, 0.2) is 18.2 Å². The quantitative estimate of drug-likeness (QED) is 0.693. The molecule has 0 amide bonds. The lowest BCUT2D eigenvalue weighted by atomic mass is 9.80. The summed E-state index contributed by atoms with van der Waals surface area (Å²) in [5, 5.41) is 0. The zero-order valence-corrected chi connectivity index (χ0v) is 11.0. The monoisotopic (exact) mass is 230 g/mol. The van der Waals surface area contributed by atoms with E-state index >= 15 is 0 Å². The fourth-order valence-corrected chi connectivity index (χ4v) is 2.55. The topological polar surface area (TPSA) is 17.1 Å². The van der Waals surface area contributed by atoms with Gasteiger partial charge in [-0.2, -0.15) is 0 Å². The predicted octanol–water partition coefficient (Wildman–Crippen LogP) is 4.18. The molecule has 0 radical (unpaired) electrons. The van der Waals surface area contributed by atoms with Crippen molar-refractivity contribution >= 4 is 5.78 Å². The molecule has 1 aliphatic rings. The largest absolute Gasteiger partial charge is 0.294 e. The van der Waals surface area contributed by atoms with E-state index in [0.29, 0.717) is 11.7 Å². The van der Waals surface area contributed by atoms with E-state index in [1.54, 1.807) is 0 Å². The highest BCUT2D eigenvalue weighted by molar-refractivity contribution is 5.96. The highest BCUT2D eigenvalue weighted by Crippen LogP contribution is 2.30. The van der Waals surface area contributed by atoms with Gasteiger partial charge in [0.1, 0.15) is 0 Å². The summed E-state index contributed by atoms with van der Waals surface area (Å²) in [5.74, 6) is 1.01. The molecule has 2 rings (SSSR count). The second-order valence-electron chi connectivity index (χ2n) is 5.11. The Morgan fingerprint density at radius 2 is 1.88 bits per heavy atom. The molecule has 0 spiro atoms. The van der Waals surface area contributed by atoms with Crippen LogP contribution in [0.4, 0.5) is 0 Å². The number of rotatable bonds is 5. The second-order valence-corrected chi connectivity index (χ2v) is 5.11. The van der Waals surface area contributed by atoms with E-state index in [4.69, 9.17) is 0 Å². The number of hydrogen-bond donors (Lipinski definition) is 0. The number of ketones is 1. The Kier molecular flexibility index (Phi) is 3.98. The molecular weight excluding hydrogens is 208 g/mol. The zero-order valence-electron chi connectivity index (χ0n) is 11.0. The lowest BCUT2D eigenvalue weighted by molar-refractivity contribution is 0.0936. The van der Waals surface area contributed by atoms with Crippen LogP contribution < -0.4 is 0 Å². The molecule has 0 atom stereocenters. The first kappa shape index (κ1) is 12.3. The van der Waals surface area contributed by atoms with Gasteiger partial charge in [-0.1, -0.05) is 45.2 Å². The summed E-state index contributed by atoms with van der Waals surface area (Å²) in [7, 11) is 0. The minimum Gasteiger partial charge on any atom is -0.294 e. The van der Waals surface area contributed by atoms with Gasteiger partial charge in [0.25, 0.3) is 0 Å². The van der Waals surface area contributed by atoms with Crippen LogP contribution >= 0.6 is 0 Å². The summed E-state index contributed by atoms with van der Waals surface area (Å²) in [6.07, 6.45) is 6.65. The minimum absolute atomic E-state index is 0.340. The summed E-state index contributed by atoms with van der Waals surface area (Å²) < 4.78 is 0. The van der Waals surface area contributed by atoms with Crippen molar-refractivity contribution in [1.29, 1.82) is 0 Å². The first-order valence-electron chi connectivity index (χ1n) is 6.89. The summed E-state index contributed by atoms with van der Waals surface area (Å²) in [6, 6.07) is 6.26. The van der Waals surface area contributed by atoms with Crippen molar-refractivity contribution < 1.29 is 4.79 Å². The van der Waals surface area contributed by atoms with Crippen LogP contribution in [0.1, 0.15) is 61.0 Å². The van der Waals surface area contributed by atoms with Crippen LogP contribution in [0.5, 0.6) is 0 Å². The third-order valence-corrected chi connectivity index (χ3v) is 3.99. The van der Waals surface area contributed by atoms with Gasteiger partial charge in [-0.25, -0.2) is 0 Å². The number of hydrogen-bond acceptors (Lipinski definition) is 1. The molecule has 1 aliphatic carbocycles. The molecule has 92 valence electrons. The Labute approximate surface area is 104 Å². The predicted molar refractivity (Wildman–Crippen MR) is 71.5 cm³/mol. The highest BCUT2D eigenvalue weighted by Gasteiger charge is 2.21. The number of carbonyl (C=O) groups excluding carboxylic acids is 1. The van der Waals surface area contributed by atoms with Gasteiger partial charge in [0, 0.05) is 12.0 Å². The van der Waals surface area contributed by atoms with E-state index < -0.39 is 0 Å². The van der Waals surface area contributed by atoms with E-state index in [0.717, 1.165) is 24.8 Å². The van der Waals surface area contributed by atoms with Gasteiger partial charge >= 0.3 is 0 Å². The van der Waals surface area contributed by atoms with Crippen LogP contribution in [-0.2, 0) is 12.8 Å². The van der Waals surface area contributed by atoms with E-state index in [2.05, 4.69) is 26.0 Å². The fraction of sp³-hybridized carbons (Fsp3) is 0.562. The normalized spacial score (nSPS) is 15.6. The van der Waals surface area contributed by atoms with Crippen molar-refractivity contribution in [3.63, 3.8) is 0 Å². The van der Waals surface area contributed by atoms with Gasteiger partial charge < -0.3 is 0 Å². The summed E-state index contributed by atoms with van der Waals surface area (Å²) in [6.45, 7) is 4.33. The molecule has 1 aromatic carbocycles. The Hall–Kier alpha value is -1.11.